The summed E-state index contributed by atoms with van der Waals surface area (Å²) in [4.78, 5) is 2.93. The molecular formula is C8H5F6N. The van der Waals surface area contributed by atoms with Crippen LogP contribution in [0.5, 0.6) is 0 Å². The minimum atomic E-state index is -5.00. The van der Waals surface area contributed by atoms with Gasteiger partial charge in [0.2, 0.25) is 0 Å². The second kappa shape index (κ2) is 3.71. The Morgan fingerprint density at radius 1 is 1.27 bits per heavy atom. The van der Waals surface area contributed by atoms with Gasteiger partial charge < -0.3 is 0 Å². The first-order valence-corrected chi connectivity index (χ1v) is 3.75. The van der Waals surface area contributed by atoms with Gasteiger partial charge in [-0.25, -0.2) is 13.2 Å². The molecule has 1 heterocycles. The average Bonchev–Trinajstić information content (AvgIpc) is 2.00. The van der Waals surface area contributed by atoms with Gasteiger partial charge in [0, 0.05) is 0 Å². The van der Waals surface area contributed by atoms with Crippen molar-refractivity contribution in [1.29, 1.82) is 0 Å². The fourth-order valence-electron chi connectivity index (χ4n) is 1.16. The van der Waals surface area contributed by atoms with Gasteiger partial charge in [0.05, 0.1) is 11.8 Å². The van der Waals surface area contributed by atoms with Gasteiger partial charge in [0.1, 0.15) is 5.69 Å². The van der Waals surface area contributed by atoms with Crippen LogP contribution < -0.4 is 0 Å². The van der Waals surface area contributed by atoms with Gasteiger partial charge in [-0.1, -0.05) is 0 Å². The highest BCUT2D eigenvalue weighted by Gasteiger charge is 2.38. The molecule has 1 aromatic heterocycles. The molecule has 0 atom stereocenters. The van der Waals surface area contributed by atoms with Crippen LogP contribution in [0.15, 0.2) is 6.20 Å². The zero-order chi connectivity index (χ0) is 11.8. The van der Waals surface area contributed by atoms with Crippen LogP contribution in [0.25, 0.3) is 0 Å². The van der Waals surface area contributed by atoms with Gasteiger partial charge in [-0.2, -0.15) is 13.2 Å². The molecule has 0 bridgehead atoms. The molecule has 0 aliphatic carbocycles. The lowest BCUT2D eigenvalue weighted by atomic mass is 10.1. The van der Waals surface area contributed by atoms with E-state index in [0.717, 1.165) is 6.92 Å². The molecule has 1 nitrogen and oxygen atoms in total. The number of aromatic nitrogens is 1. The third kappa shape index (κ3) is 2.21. The second-order valence-electron chi connectivity index (χ2n) is 2.79. The second-order valence-corrected chi connectivity index (χ2v) is 2.79. The van der Waals surface area contributed by atoms with Crippen LogP contribution in [0.4, 0.5) is 26.3 Å². The molecule has 0 spiro atoms. The summed E-state index contributed by atoms with van der Waals surface area (Å²) in [5.41, 5.74) is -3.62. The summed E-state index contributed by atoms with van der Waals surface area (Å²) in [6.45, 7) is 0.764. The van der Waals surface area contributed by atoms with Crippen LogP contribution in [0.3, 0.4) is 0 Å². The topological polar surface area (TPSA) is 12.9 Å². The van der Waals surface area contributed by atoms with Gasteiger partial charge in [-0.05, 0) is 12.5 Å². The number of alkyl halides is 5. The van der Waals surface area contributed by atoms with Crippen molar-refractivity contribution in [3.8, 4) is 0 Å². The van der Waals surface area contributed by atoms with Crippen molar-refractivity contribution < 1.29 is 26.3 Å². The van der Waals surface area contributed by atoms with Crippen LogP contribution in [-0.4, -0.2) is 4.98 Å². The largest absolute Gasteiger partial charge is 0.419 e. The highest BCUT2D eigenvalue weighted by molar-refractivity contribution is 5.32. The molecule has 7 heteroatoms. The van der Waals surface area contributed by atoms with Crippen molar-refractivity contribution >= 4 is 0 Å². The summed E-state index contributed by atoms with van der Waals surface area (Å²) >= 11 is 0. The molecule has 0 N–H and O–H groups in total. The van der Waals surface area contributed by atoms with Crippen molar-refractivity contribution in [1.82, 2.24) is 4.98 Å². The summed E-state index contributed by atoms with van der Waals surface area (Å²) in [5, 5.41) is 0. The first kappa shape index (κ1) is 11.8. The van der Waals surface area contributed by atoms with Gasteiger partial charge in [0.25, 0.3) is 6.43 Å². The monoisotopic (exact) mass is 229 g/mol. The smallest absolute Gasteiger partial charge is 0.252 e. The molecular weight excluding hydrogens is 224 g/mol. The summed E-state index contributed by atoms with van der Waals surface area (Å²) in [6.07, 6.45) is -8.01. The lowest BCUT2D eigenvalue weighted by Gasteiger charge is -2.13. The lowest BCUT2D eigenvalue weighted by Crippen LogP contribution is -2.13. The molecule has 1 rings (SSSR count). The van der Waals surface area contributed by atoms with E-state index >= 15 is 0 Å². The Morgan fingerprint density at radius 2 is 1.80 bits per heavy atom. The number of pyridine rings is 1. The highest BCUT2D eigenvalue weighted by atomic mass is 19.4. The molecule has 0 aliphatic rings. The van der Waals surface area contributed by atoms with Crippen molar-refractivity contribution in [2.24, 2.45) is 0 Å². The fourth-order valence-corrected chi connectivity index (χ4v) is 1.16. The predicted molar refractivity (Wildman–Crippen MR) is 38.9 cm³/mol. The molecule has 0 saturated heterocycles. The Kier molecular flexibility index (Phi) is 2.92. The molecule has 0 saturated carbocycles. The minimum absolute atomic E-state index is 0.150. The zero-order valence-electron chi connectivity index (χ0n) is 7.37. The first-order valence-electron chi connectivity index (χ1n) is 3.75. The number of nitrogens with zero attached hydrogens (tertiary/aromatic N) is 1. The van der Waals surface area contributed by atoms with E-state index in [2.05, 4.69) is 4.98 Å². The van der Waals surface area contributed by atoms with Crippen LogP contribution in [0, 0.1) is 12.7 Å². The van der Waals surface area contributed by atoms with E-state index in [9.17, 15) is 26.3 Å². The zero-order valence-corrected chi connectivity index (χ0v) is 7.37. The van der Waals surface area contributed by atoms with Crippen LogP contribution in [-0.2, 0) is 6.18 Å². The Morgan fingerprint density at radius 3 is 2.20 bits per heavy atom. The molecule has 1 aromatic rings. The molecule has 0 unspecified atom stereocenters. The van der Waals surface area contributed by atoms with E-state index in [4.69, 9.17) is 0 Å². The van der Waals surface area contributed by atoms with Crippen LogP contribution in [0.1, 0.15) is 23.2 Å². The molecule has 0 fully saturated rings. The number of hydrogen-bond acceptors (Lipinski definition) is 1. The van der Waals surface area contributed by atoms with E-state index in [1.165, 1.54) is 0 Å². The lowest BCUT2D eigenvalue weighted by molar-refractivity contribution is -0.140. The van der Waals surface area contributed by atoms with E-state index in [-0.39, 0.29) is 6.20 Å². The fraction of sp³-hybridized carbons (Fsp3) is 0.375. The Hall–Kier alpha value is -1.27. The summed E-state index contributed by atoms with van der Waals surface area (Å²) in [6, 6.07) is 0. The molecule has 0 radical (unpaired) electrons. The highest BCUT2D eigenvalue weighted by Crippen LogP contribution is 2.36. The van der Waals surface area contributed by atoms with E-state index in [0.29, 0.717) is 0 Å². The Balaban J connectivity index is 3.44. The maximum absolute atomic E-state index is 12.8. The number of halogens is 6. The van der Waals surface area contributed by atoms with Crippen molar-refractivity contribution in [2.75, 3.05) is 0 Å². The standard InChI is InChI=1S/C8H5F6N/c1-3-5(8(12,13)14)4(9)2-15-6(3)7(10)11/h2,7H,1H3. The normalized spacial score (nSPS) is 12.3. The quantitative estimate of drug-likeness (QED) is 0.671. The van der Waals surface area contributed by atoms with Crippen molar-refractivity contribution in [3.63, 3.8) is 0 Å². The Labute approximate surface area is 80.7 Å². The molecule has 0 aliphatic heterocycles. The minimum Gasteiger partial charge on any atom is -0.252 e. The van der Waals surface area contributed by atoms with Gasteiger partial charge in [0.15, 0.2) is 5.82 Å². The number of hydrogen-bond donors (Lipinski definition) is 0. The van der Waals surface area contributed by atoms with Crippen LogP contribution in [0.2, 0.25) is 0 Å². The van der Waals surface area contributed by atoms with Gasteiger partial charge in [-0.3, -0.25) is 4.98 Å². The van der Waals surface area contributed by atoms with E-state index in [1.807, 2.05) is 0 Å². The maximum atomic E-state index is 12.8. The van der Waals surface area contributed by atoms with Crippen molar-refractivity contribution in [3.05, 3.63) is 28.8 Å². The Bertz CT molecular complexity index is 370. The van der Waals surface area contributed by atoms with Gasteiger partial charge in [-0.15, -0.1) is 0 Å². The summed E-state index contributed by atoms with van der Waals surface area (Å²) in [7, 11) is 0. The summed E-state index contributed by atoms with van der Waals surface area (Å²) < 4.78 is 73.8. The molecule has 0 aromatic carbocycles. The van der Waals surface area contributed by atoms with Gasteiger partial charge >= 0.3 is 6.18 Å². The van der Waals surface area contributed by atoms with Crippen LogP contribution >= 0.6 is 0 Å². The molecule has 0 amide bonds. The maximum Gasteiger partial charge on any atom is 0.419 e. The predicted octanol–water partition coefficient (Wildman–Crippen LogP) is 3.49. The molecule has 15 heavy (non-hydrogen) atoms. The first-order chi connectivity index (χ1) is 6.75. The number of rotatable bonds is 1. The summed E-state index contributed by atoms with van der Waals surface area (Å²) in [5.74, 6) is -1.65. The third-order valence-corrected chi connectivity index (χ3v) is 1.81. The van der Waals surface area contributed by atoms with E-state index < -0.39 is 35.2 Å². The van der Waals surface area contributed by atoms with E-state index in [1.54, 1.807) is 0 Å². The average molecular weight is 229 g/mol. The molecule has 84 valence electrons. The SMILES string of the molecule is Cc1c(C(F)F)ncc(F)c1C(F)(F)F. The third-order valence-electron chi connectivity index (χ3n) is 1.81. The van der Waals surface area contributed by atoms with Crippen molar-refractivity contribution in [2.45, 2.75) is 19.5 Å².